The van der Waals surface area contributed by atoms with Crippen molar-refractivity contribution in [3.05, 3.63) is 70.3 Å². The first-order valence-electron chi connectivity index (χ1n) is 9.65. The summed E-state index contributed by atoms with van der Waals surface area (Å²) in [5.74, 6) is 0.223. The number of hydrazone groups is 1. The first-order chi connectivity index (χ1) is 14.6. The summed E-state index contributed by atoms with van der Waals surface area (Å²) in [7, 11) is 0. The molecule has 0 aliphatic rings. The molecule has 0 aliphatic heterocycles. The van der Waals surface area contributed by atoms with Gasteiger partial charge in [-0.3, -0.25) is 14.3 Å². The van der Waals surface area contributed by atoms with Crippen LogP contribution in [-0.2, 0) is 11.3 Å². The van der Waals surface area contributed by atoms with Gasteiger partial charge in [0, 0.05) is 17.3 Å². The van der Waals surface area contributed by atoms with Crippen LogP contribution in [0.5, 0.6) is 0 Å². The molecule has 2 N–H and O–H groups in total. The lowest BCUT2D eigenvalue weighted by molar-refractivity contribution is -0.123. The molecule has 0 unspecified atom stereocenters. The lowest BCUT2D eigenvalue weighted by Gasteiger charge is -2.18. The SMILES string of the molecule is C/C(=N/NC(=O)c1ccc(Cn2cc(Br)cn2)o1)c1cccc(NC(=O)C(C)(C)C)c1. The Hall–Kier alpha value is -3.20. The molecule has 3 aromatic rings. The third-order valence-corrected chi connectivity index (χ3v) is 4.76. The van der Waals surface area contributed by atoms with Crippen molar-refractivity contribution in [3.8, 4) is 0 Å². The fourth-order valence-corrected chi connectivity index (χ4v) is 2.89. The highest BCUT2D eigenvalue weighted by Gasteiger charge is 2.21. The van der Waals surface area contributed by atoms with E-state index in [1.54, 1.807) is 29.9 Å². The zero-order valence-electron chi connectivity index (χ0n) is 17.8. The minimum Gasteiger partial charge on any atom is -0.454 e. The number of hydrogen-bond acceptors (Lipinski definition) is 5. The number of carbonyl (C=O) groups is 2. The lowest BCUT2D eigenvalue weighted by Crippen LogP contribution is -2.27. The molecule has 2 heterocycles. The van der Waals surface area contributed by atoms with Crippen LogP contribution in [0.4, 0.5) is 5.69 Å². The van der Waals surface area contributed by atoms with Crippen LogP contribution in [0, 0.1) is 5.41 Å². The number of benzene rings is 1. The Morgan fingerprint density at radius 3 is 2.68 bits per heavy atom. The quantitative estimate of drug-likeness (QED) is 0.398. The zero-order chi connectivity index (χ0) is 22.6. The van der Waals surface area contributed by atoms with Crippen molar-refractivity contribution in [1.82, 2.24) is 15.2 Å². The van der Waals surface area contributed by atoms with Crippen molar-refractivity contribution in [2.24, 2.45) is 10.5 Å². The molecule has 3 rings (SSSR count). The standard InChI is InChI=1S/C22H24BrN5O3/c1-14(15-6-5-7-17(10-15)25-21(30)22(2,3)4)26-27-20(29)19-9-8-18(31-19)13-28-12-16(23)11-24-28/h5-12H,13H2,1-4H3,(H,25,30)(H,27,29)/b26-14-. The summed E-state index contributed by atoms with van der Waals surface area (Å²) in [5, 5.41) is 11.2. The lowest BCUT2D eigenvalue weighted by atomic mass is 9.95. The highest BCUT2D eigenvalue weighted by molar-refractivity contribution is 9.10. The molecule has 162 valence electrons. The Kier molecular flexibility index (Phi) is 6.74. The fraction of sp³-hybridized carbons (Fsp3) is 0.273. The van der Waals surface area contributed by atoms with Gasteiger partial charge in [-0.25, -0.2) is 5.43 Å². The minimum absolute atomic E-state index is 0.0800. The number of furan rings is 1. The van der Waals surface area contributed by atoms with Crippen LogP contribution in [-0.4, -0.2) is 27.3 Å². The van der Waals surface area contributed by atoms with E-state index in [1.165, 1.54) is 0 Å². The highest BCUT2D eigenvalue weighted by atomic mass is 79.9. The Morgan fingerprint density at radius 1 is 1.23 bits per heavy atom. The van der Waals surface area contributed by atoms with Gasteiger partial charge < -0.3 is 9.73 Å². The van der Waals surface area contributed by atoms with Gasteiger partial charge in [0.15, 0.2) is 5.76 Å². The van der Waals surface area contributed by atoms with Gasteiger partial charge in [0.05, 0.1) is 22.9 Å². The second-order valence-corrected chi connectivity index (χ2v) is 8.96. The van der Waals surface area contributed by atoms with E-state index in [9.17, 15) is 9.59 Å². The van der Waals surface area contributed by atoms with Gasteiger partial charge in [0.2, 0.25) is 5.91 Å². The zero-order valence-corrected chi connectivity index (χ0v) is 19.4. The number of nitrogens with one attached hydrogen (secondary N) is 2. The van der Waals surface area contributed by atoms with Crippen LogP contribution in [0.3, 0.4) is 0 Å². The maximum absolute atomic E-state index is 12.4. The molecule has 0 radical (unpaired) electrons. The van der Waals surface area contributed by atoms with E-state index in [2.05, 4.69) is 36.9 Å². The first kappa shape index (κ1) is 22.5. The topological polar surface area (TPSA) is 102 Å². The molecule has 9 heteroatoms. The summed E-state index contributed by atoms with van der Waals surface area (Å²) in [5.41, 5.74) is 4.04. The summed E-state index contributed by atoms with van der Waals surface area (Å²) in [6.07, 6.45) is 3.49. The molecule has 0 saturated carbocycles. The maximum Gasteiger partial charge on any atom is 0.307 e. The van der Waals surface area contributed by atoms with Gasteiger partial charge >= 0.3 is 5.91 Å². The number of halogens is 1. The Morgan fingerprint density at radius 2 is 2.00 bits per heavy atom. The van der Waals surface area contributed by atoms with Crippen LogP contribution < -0.4 is 10.7 Å². The summed E-state index contributed by atoms with van der Waals surface area (Å²) >= 11 is 3.34. The van der Waals surface area contributed by atoms with Crippen LogP contribution in [0.25, 0.3) is 0 Å². The Labute approximate surface area is 188 Å². The van der Waals surface area contributed by atoms with E-state index in [4.69, 9.17) is 4.42 Å². The number of carbonyl (C=O) groups excluding carboxylic acids is 2. The smallest absolute Gasteiger partial charge is 0.307 e. The van der Waals surface area contributed by atoms with Crippen LogP contribution in [0.15, 0.2) is 62.8 Å². The average molecular weight is 486 g/mol. The van der Waals surface area contributed by atoms with E-state index in [-0.39, 0.29) is 11.7 Å². The third kappa shape index (κ3) is 6.14. The fourth-order valence-electron chi connectivity index (χ4n) is 2.56. The van der Waals surface area contributed by atoms with Gasteiger partial charge in [0.1, 0.15) is 5.76 Å². The van der Waals surface area contributed by atoms with Crippen LogP contribution in [0.1, 0.15) is 49.6 Å². The monoisotopic (exact) mass is 485 g/mol. The van der Waals surface area contributed by atoms with E-state index in [1.807, 2.05) is 51.2 Å². The van der Waals surface area contributed by atoms with Crippen molar-refractivity contribution >= 4 is 39.1 Å². The van der Waals surface area contributed by atoms with Gasteiger partial charge in [-0.2, -0.15) is 10.2 Å². The normalized spacial score (nSPS) is 12.0. The number of rotatable bonds is 6. The molecular formula is C22H24BrN5O3. The molecule has 0 aliphatic carbocycles. The number of hydrogen-bond donors (Lipinski definition) is 2. The van der Waals surface area contributed by atoms with Gasteiger partial charge in [0.25, 0.3) is 0 Å². The van der Waals surface area contributed by atoms with Gasteiger partial charge in [-0.05, 0) is 52.7 Å². The molecule has 0 bridgehead atoms. The molecule has 0 saturated heterocycles. The number of anilines is 1. The van der Waals surface area contributed by atoms with Crippen molar-refractivity contribution in [2.75, 3.05) is 5.32 Å². The third-order valence-electron chi connectivity index (χ3n) is 4.35. The second kappa shape index (κ2) is 9.30. The predicted octanol–water partition coefficient (Wildman–Crippen LogP) is 4.43. The molecule has 0 fully saturated rings. The number of amides is 2. The minimum atomic E-state index is -0.497. The molecule has 2 aromatic heterocycles. The van der Waals surface area contributed by atoms with E-state index in [0.717, 1.165) is 10.0 Å². The summed E-state index contributed by atoms with van der Waals surface area (Å²) in [6, 6.07) is 10.6. The largest absolute Gasteiger partial charge is 0.454 e. The Bertz CT molecular complexity index is 1120. The molecular weight excluding hydrogens is 462 g/mol. The van der Waals surface area contributed by atoms with E-state index in [0.29, 0.717) is 23.7 Å². The molecule has 31 heavy (non-hydrogen) atoms. The maximum atomic E-state index is 12.4. The average Bonchev–Trinajstić information content (AvgIpc) is 3.34. The number of nitrogens with zero attached hydrogens (tertiary/aromatic N) is 3. The summed E-state index contributed by atoms with van der Waals surface area (Å²) < 4.78 is 8.14. The van der Waals surface area contributed by atoms with E-state index < -0.39 is 11.3 Å². The summed E-state index contributed by atoms with van der Waals surface area (Å²) in [6.45, 7) is 7.73. The van der Waals surface area contributed by atoms with E-state index >= 15 is 0 Å². The molecule has 8 nitrogen and oxygen atoms in total. The van der Waals surface area contributed by atoms with Crippen LogP contribution >= 0.6 is 15.9 Å². The van der Waals surface area contributed by atoms with Gasteiger partial charge in [-0.15, -0.1) is 0 Å². The number of aromatic nitrogens is 2. The van der Waals surface area contributed by atoms with Crippen molar-refractivity contribution < 1.29 is 14.0 Å². The first-order valence-corrected chi connectivity index (χ1v) is 10.4. The van der Waals surface area contributed by atoms with Gasteiger partial charge in [-0.1, -0.05) is 32.9 Å². The predicted molar refractivity (Wildman–Crippen MR) is 122 cm³/mol. The highest BCUT2D eigenvalue weighted by Crippen LogP contribution is 2.18. The van der Waals surface area contributed by atoms with Crippen molar-refractivity contribution in [3.63, 3.8) is 0 Å². The molecule has 2 amide bonds. The molecule has 0 spiro atoms. The molecule has 1 aromatic carbocycles. The van der Waals surface area contributed by atoms with Crippen LogP contribution in [0.2, 0.25) is 0 Å². The Balaban J connectivity index is 1.63. The van der Waals surface area contributed by atoms with Crippen molar-refractivity contribution in [2.45, 2.75) is 34.2 Å². The second-order valence-electron chi connectivity index (χ2n) is 8.05. The van der Waals surface area contributed by atoms with Crippen molar-refractivity contribution in [1.29, 1.82) is 0 Å². The molecule has 0 atom stereocenters. The summed E-state index contributed by atoms with van der Waals surface area (Å²) in [4.78, 5) is 24.6.